The number of aliphatic carboxylic acids is 1. The molecule has 0 aromatic rings. The fraction of sp³-hybridized carbons (Fsp3) is 0.750. The molecular formula is C20H30O6. The molecule has 0 bridgehead atoms. The lowest BCUT2D eigenvalue weighted by Crippen LogP contribution is -2.75. The van der Waals surface area contributed by atoms with E-state index in [4.69, 9.17) is 0 Å². The third-order valence-electron chi connectivity index (χ3n) is 7.44. The van der Waals surface area contributed by atoms with Crippen molar-refractivity contribution in [3.8, 4) is 0 Å². The van der Waals surface area contributed by atoms with Gasteiger partial charge in [-0.05, 0) is 49.5 Å². The fourth-order valence-electron chi connectivity index (χ4n) is 5.73. The van der Waals surface area contributed by atoms with Crippen LogP contribution >= 0.6 is 0 Å². The van der Waals surface area contributed by atoms with Gasteiger partial charge in [0, 0.05) is 11.8 Å². The summed E-state index contributed by atoms with van der Waals surface area (Å²) < 4.78 is 0. The number of carboxylic acid groups (broad SMARTS) is 1. The highest BCUT2D eigenvalue weighted by atomic mass is 16.6. The van der Waals surface area contributed by atoms with E-state index in [2.05, 4.69) is 19.9 Å². The first-order valence-corrected chi connectivity index (χ1v) is 9.32. The highest BCUT2D eigenvalue weighted by molar-refractivity contribution is 5.75. The lowest BCUT2D eigenvalue weighted by Gasteiger charge is -2.64. The van der Waals surface area contributed by atoms with E-state index in [0.29, 0.717) is 18.8 Å². The van der Waals surface area contributed by atoms with Crippen molar-refractivity contribution in [2.45, 2.75) is 65.0 Å². The van der Waals surface area contributed by atoms with Crippen LogP contribution in [0.3, 0.4) is 0 Å². The summed E-state index contributed by atoms with van der Waals surface area (Å²) in [5, 5.41) is 52.6. The molecule has 0 amide bonds. The third-order valence-corrected chi connectivity index (χ3v) is 7.44. The average molecular weight is 366 g/mol. The van der Waals surface area contributed by atoms with E-state index in [9.17, 15) is 30.3 Å². The third kappa shape index (κ3) is 2.29. The van der Waals surface area contributed by atoms with Crippen LogP contribution in [0.1, 0.15) is 53.4 Å². The number of aliphatic hydroxyl groups is 4. The van der Waals surface area contributed by atoms with Crippen LogP contribution in [0, 0.1) is 28.6 Å². The number of carboxylic acids is 1. The molecule has 146 valence electrons. The first kappa shape index (κ1) is 19.5. The second kappa shape index (κ2) is 5.64. The van der Waals surface area contributed by atoms with Crippen LogP contribution in [0.2, 0.25) is 0 Å². The number of allylic oxidation sites excluding steroid dienone is 4. The number of fused-ring (bicyclic) bond motifs is 3. The molecule has 3 rings (SSSR count). The molecule has 0 heterocycles. The largest absolute Gasteiger partial charge is 0.481 e. The van der Waals surface area contributed by atoms with Crippen LogP contribution in [0.15, 0.2) is 23.3 Å². The summed E-state index contributed by atoms with van der Waals surface area (Å²) in [7, 11) is 0. The molecule has 1 saturated carbocycles. The summed E-state index contributed by atoms with van der Waals surface area (Å²) in [6.07, 6.45) is 5.18. The molecule has 0 unspecified atom stereocenters. The zero-order chi connectivity index (χ0) is 19.7. The molecule has 0 saturated heterocycles. The van der Waals surface area contributed by atoms with Crippen molar-refractivity contribution in [2.24, 2.45) is 28.6 Å². The van der Waals surface area contributed by atoms with E-state index in [1.165, 1.54) is 12.5 Å². The van der Waals surface area contributed by atoms with Crippen molar-refractivity contribution in [1.82, 2.24) is 0 Å². The molecule has 6 heteroatoms. The molecule has 3 aliphatic rings. The van der Waals surface area contributed by atoms with Crippen molar-refractivity contribution in [2.75, 3.05) is 0 Å². The van der Waals surface area contributed by atoms with Gasteiger partial charge in [0.15, 0.2) is 0 Å². The topological polar surface area (TPSA) is 118 Å². The van der Waals surface area contributed by atoms with Crippen molar-refractivity contribution < 1.29 is 30.3 Å². The summed E-state index contributed by atoms with van der Waals surface area (Å²) in [5.74, 6) is -7.47. The molecule has 0 radical (unpaired) electrons. The summed E-state index contributed by atoms with van der Waals surface area (Å²) >= 11 is 0. The van der Waals surface area contributed by atoms with Gasteiger partial charge in [0.05, 0.1) is 5.41 Å². The molecule has 0 aliphatic heterocycles. The van der Waals surface area contributed by atoms with Crippen molar-refractivity contribution in [3.05, 3.63) is 23.3 Å². The Hall–Kier alpha value is -1.21. The molecule has 0 aromatic heterocycles. The van der Waals surface area contributed by atoms with Gasteiger partial charge in [-0.25, -0.2) is 0 Å². The van der Waals surface area contributed by atoms with Gasteiger partial charge in [-0.15, -0.1) is 0 Å². The zero-order valence-corrected chi connectivity index (χ0v) is 15.9. The van der Waals surface area contributed by atoms with E-state index >= 15 is 0 Å². The fourth-order valence-corrected chi connectivity index (χ4v) is 5.73. The van der Waals surface area contributed by atoms with Gasteiger partial charge in [-0.1, -0.05) is 38.5 Å². The van der Waals surface area contributed by atoms with Crippen LogP contribution in [0.25, 0.3) is 0 Å². The Morgan fingerprint density at radius 1 is 1.19 bits per heavy atom. The maximum atomic E-state index is 12.1. The monoisotopic (exact) mass is 366 g/mol. The minimum atomic E-state index is -2.91. The number of carbonyl (C=O) groups is 1. The van der Waals surface area contributed by atoms with Gasteiger partial charge in [0.25, 0.3) is 0 Å². The summed E-state index contributed by atoms with van der Waals surface area (Å²) in [6, 6.07) is 0. The predicted octanol–water partition coefficient (Wildman–Crippen LogP) is 1.79. The predicted molar refractivity (Wildman–Crippen MR) is 94.6 cm³/mol. The SMILES string of the molecule is CC(C)C1=CC2=CC[C@@H]3[C@@](C)([C@H]2CC1)C(O)(O)C(O)(O)C[C@@]3(C)C(=O)O. The van der Waals surface area contributed by atoms with Gasteiger partial charge >= 0.3 is 5.97 Å². The summed E-state index contributed by atoms with van der Waals surface area (Å²) in [6.45, 7) is 7.30. The van der Waals surface area contributed by atoms with E-state index in [0.717, 1.165) is 12.0 Å². The van der Waals surface area contributed by atoms with Crippen molar-refractivity contribution in [3.63, 3.8) is 0 Å². The Morgan fingerprint density at radius 2 is 1.81 bits per heavy atom. The Kier molecular flexibility index (Phi) is 4.24. The minimum Gasteiger partial charge on any atom is -0.481 e. The normalized spacial score (nSPS) is 41.0. The number of hydrogen-bond donors (Lipinski definition) is 5. The number of rotatable bonds is 2. The first-order chi connectivity index (χ1) is 11.8. The van der Waals surface area contributed by atoms with E-state index in [1.54, 1.807) is 6.92 Å². The Bertz CT molecular complexity index is 688. The Labute approximate surface area is 153 Å². The zero-order valence-electron chi connectivity index (χ0n) is 15.9. The van der Waals surface area contributed by atoms with Crippen molar-refractivity contribution >= 4 is 5.97 Å². The van der Waals surface area contributed by atoms with Crippen LogP contribution in [-0.4, -0.2) is 43.1 Å². The van der Waals surface area contributed by atoms with Crippen LogP contribution in [-0.2, 0) is 4.79 Å². The van der Waals surface area contributed by atoms with Crippen molar-refractivity contribution in [1.29, 1.82) is 0 Å². The van der Waals surface area contributed by atoms with Gasteiger partial charge in [0.1, 0.15) is 0 Å². The molecule has 1 fully saturated rings. The lowest BCUT2D eigenvalue weighted by atomic mass is 9.43. The molecule has 0 spiro atoms. The Balaban J connectivity index is 2.19. The maximum absolute atomic E-state index is 12.1. The van der Waals surface area contributed by atoms with Gasteiger partial charge in [-0.3, -0.25) is 4.79 Å². The highest BCUT2D eigenvalue weighted by Crippen LogP contribution is 2.66. The smallest absolute Gasteiger partial charge is 0.309 e. The van der Waals surface area contributed by atoms with E-state index in [-0.39, 0.29) is 5.92 Å². The summed E-state index contributed by atoms with van der Waals surface area (Å²) in [4.78, 5) is 12.1. The molecule has 4 atom stereocenters. The maximum Gasteiger partial charge on any atom is 0.309 e. The van der Waals surface area contributed by atoms with E-state index < -0.39 is 40.7 Å². The van der Waals surface area contributed by atoms with Gasteiger partial charge in [-0.2, -0.15) is 0 Å². The van der Waals surface area contributed by atoms with Gasteiger partial charge < -0.3 is 25.5 Å². The standard InChI is InChI=1S/C20H30O6/c1-11(2)12-5-7-14-13(9-12)6-8-15-17(3,16(21)22)10-19(23,24)20(25,26)18(14,15)4/h6,9,11,14-15,23-26H,5,7-8,10H2,1-4H3,(H,21,22)/t14-,15-,17+,18+/m0/s1. The van der Waals surface area contributed by atoms with Crippen LogP contribution in [0.5, 0.6) is 0 Å². The van der Waals surface area contributed by atoms with E-state index in [1.807, 2.05) is 6.08 Å². The second-order valence-corrected chi connectivity index (χ2v) is 9.13. The van der Waals surface area contributed by atoms with Gasteiger partial charge in [0.2, 0.25) is 11.6 Å². The summed E-state index contributed by atoms with van der Waals surface area (Å²) in [5.41, 5.74) is -0.661. The molecule has 0 aromatic carbocycles. The van der Waals surface area contributed by atoms with Crippen LogP contribution in [0.4, 0.5) is 0 Å². The molecular weight excluding hydrogens is 336 g/mol. The highest BCUT2D eigenvalue weighted by Gasteiger charge is 2.75. The molecule has 6 nitrogen and oxygen atoms in total. The molecule has 5 N–H and O–H groups in total. The average Bonchev–Trinajstić information content (AvgIpc) is 2.52. The lowest BCUT2D eigenvalue weighted by molar-refractivity contribution is -0.441. The number of hydrogen-bond acceptors (Lipinski definition) is 5. The minimum absolute atomic E-state index is 0.351. The quantitative estimate of drug-likeness (QED) is 0.476. The Morgan fingerprint density at radius 3 is 2.35 bits per heavy atom. The molecule has 26 heavy (non-hydrogen) atoms. The second-order valence-electron chi connectivity index (χ2n) is 9.13. The van der Waals surface area contributed by atoms with Crippen LogP contribution < -0.4 is 0 Å². The molecule has 3 aliphatic carbocycles. The first-order valence-electron chi connectivity index (χ1n) is 9.32.